The van der Waals surface area contributed by atoms with Crippen LogP contribution < -0.4 is 4.90 Å². The zero-order valence-electron chi connectivity index (χ0n) is 17.9. The van der Waals surface area contributed by atoms with Gasteiger partial charge in [-0.2, -0.15) is 0 Å². The Morgan fingerprint density at radius 2 is 1.80 bits per heavy atom. The molecule has 164 valence electrons. The Hall–Kier alpha value is -1.96. The highest BCUT2D eigenvalue weighted by Gasteiger charge is 2.44. The molecule has 0 aromatic heterocycles. The van der Waals surface area contributed by atoms with E-state index in [0.29, 0.717) is 43.4 Å². The highest BCUT2D eigenvalue weighted by atomic mass is 35.5. The molecule has 7 nitrogen and oxygen atoms in total. The second-order valence-electron chi connectivity index (χ2n) is 9.04. The van der Waals surface area contributed by atoms with Gasteiger partial charge >= 0.3 is 0 Å². The van der Waals surface area contributed by atoms with Crippen LogP contribution in [0.1, 0.15) is 33.6 Å². The van der Waals surface area contributed by atoms with Gasteiger partial charge in [-0.15, -0.1) is 0 Å². The summed E-state index contributed by atoms with van der Waals surface area (Å²) in [5.74, 6) is -0.751. The van der Waals surface area contributed by atoms with Crippen molar-refractivity contribution in [3.05, 3.63) is 29.3 Å². The summed E-state index contributed by atoms with van der Waals surface area (Å²) in [6.07, 6.45) is 0.315. The number of nitrogens with zero attached hydrogens (tertiary/aromatic N) is 3. The van der Waals surface area contributed by atoms with E-state index in [9.17, 15) is 14.4 Å². The van der Waals surface area contributed by atoms with Gasteiger partial charge in [-0.1, -0.05) is 32.4 Å². The number of carbonyl (C=O) groups is 3. The zero-order valence-corrected chi connectivity index (χ0v) is 18.7. The molecule has 2 fully saturated rings. The van der Waals surface area contributed by atoms with Crippen LogP contribution in [0.25, 0.3) is 0 Å². The van der Waals surface area contributed by atoms with Crippen LogP contribution in [0, 0.1) is 5.41 Å². The first-order valence-corrected chi connectivity index (χ1v) is 10.8. The third-order valence-corrected chi connectivity index (χ3v) is 5.60. The molecule has 0 radical (unpaired) electrons. The van der Waals surface area contributed by atoms with Gasteiger partial charge < -0.3 is 9.64 Å². The number of hydrogen-bond acceptors (Lipinski definition) is 5. The van der Waals surface area contributed by atoms with Crippen molar-refractivity contribution in [2.24, 2.45) is 5.41 Å². The first-order valence-electron chi connectivity index (χ1n) is 10.4. The van der Waals surface area contributed by atoms with Crippen molar-refractivity contribution in [3.8, 4) is 0 Å². The van der Waals surface area contributed by atoms with Gasteiger partial charge in [0.25, 0.3) is 5.91 Å². The van der Waals surface area contributed by atoms with Gasteiger partial charge in [-0.3, -0.25) is 19.3 Å². The molecule has 2 aliphatic rings. The lowest BCUT2D eigenvalue weighted by atomic mass is 9.91. The lowest BCUT2D eigenvalue weighted by Gasteiger charge is -2.33. The fraction of sp³-hybridized carbons (Fsp3) is 0.591. The van der Waals surface area contributed by atoms with Crippen LogP contribution in [0.2, 0.25) is 5.02 Å². The molecular weight excluding hydrogens is 406 g/mol. The van der Waals surface area contributed by atoms with Crippen molar-refractivity contribution < 1.29 is 19.1 Å². The number of amides is 3. The number of benzene rings is 1. The molecular formula is C22H30ClN3O4. The minimum absolute atomic E-state index is 0.000450. The average molecular weight is 436 g/mol. The smallest absolute Gasteiger partial charge is 0.257 e. The summed E-state index contributed by atoms with van der Waals surface area (Å²) in [7, 11) is 0. The van der Waals surface area contributed by atoms with Gasteiger partial charge in [-0.05, 0) is 29.7 Å². The van der Waals surface area contributed by atoms with Crippen LogP contribution in [-0.2, 0) is 19.1 Å². The van der Waals surface area contributed by atoms with E-state index >= 15 is 0 Å². The highest BCUT2D eigenvalue weighted by Crippen LogP contribution is 2.29. The summed E-state index contributed by atoms with van der Waals surface area (Å²) in [5, 5.41) is 0.530. The summed E-state index contributed by atoms with van der Waals surface area (Å²) in [5.41, 5.74) is 0.267. The number of imide groups is 1. The molecule has 1 aromatic rings. The quantitative estimate of drug-likeness (QED) is 0.642. The van der Waals surface area contributed by atoms with E-state index < -0.39 is 6.04 Å². The van der Waals surface area contributed by atoms with E-state index in [1.54, 1.807) is 29.2 Å². The second kappa shape index (κ2) is 9.45. The van der Waals surface area contributed by atoms with Gasteiger partial charge in [0.1, 0.15) is 6.04 Å². The Bertz CT molecular complexity index is 785. The Balaban J connectivity index is 1.78. The van der Waals surface area contributed by atoms with Crippen LogP contribution in [0.3, 0.4) is 0 Å². The summed E-state index contributed by atoms with van der Waals surface area (Å²) < 4.78 is 5.39. The van der Waals surface area contributed by atoms with Crippen molar-refractivity contribution in [1.82, 2.24) is 9.80 Å². The molecule has 0 bridgehead atoms. The lowest BCUT2D eigenvalue weighted by Crippen LogP contribution is -2.50. The monoisotopic (exact) mass is 435 g/mol. The van der Waals surface area contributed by atoms with Crippen LogP contribution in [0.5, 0.6) is 0 Å². The SMILES string of the molecule is CC(C)(C)CC(=O)N(CCN1CCOCC1)C1CC(=O)N(c2ccc(Cl)cc2)C1=O. The molecule has 1 unspecified atom stereocenters. The second-order valence-corrected chi connectivity index (χ2v) is 9.48. The van der Waals surface area contributed by atoms with E-state index in [2.05, 4.69) is 4.90 Å². The molecule has 8 heteroatoms. The molecule has 0 spiro atoms. The van der Waals surface area contributed by atoms with Crippen molar-refractivity contribution in [3.63, 3.8) is 0 Å². The van der Waals surface area contributed by atoms with Crippen molar-refractivity contribution in [1.29, 1.82) is 0 Å². The zero-order chi connectivity index (χ0) is 21.9. The number of ether oxygens (including phenoxy) is 1. The molecule has 0 aliphatic carbocycles. The number of anilines is 1. The Labute approximate surface area is 182 Å². The van der Waals surface area contributed by atoms with Crippen LogP contribution in [0.4, 0.5) is 5.69 Å². The van der Waals surface area contributed by atoms with Crippen LogP contribution in [0.15, 0.2) is 24.3 Å². The van der Waals surface area contributed by atoms with Crippen molar-refractivity contribution >= 4 is 35.0 Å². The van der Waals surface area contributed by atoms with E-state index in [-0.39, 0.29) is 29.6 Å². The van der Waals surface area contributed by atoms with Crippen molar-refractivity contribution in [2.45, 2.75) is 39.7 Å². The number of rotatable bonds is 6. The molecule has 3 rings (SSSR count). The third kappa shape index (κ3) is 5.59. The normalized spacial score (nSPS) is 20.7. The maximum atomic E-state index is 13.2. The number of morpholine rings is 1. The molecule has 2 heterocycles. The predicted octanol–water partition coefficient (Wildman–Crippen LogP) is 2.57. The molecule has 3 amide bonds. The van der Waals surface area contributed by atoms with Crippen LogP contribution >= 0.6 is 11.6 Å². The molecule has 30 heavy (non-hydrogen) atoms. The molecule has 2 aliphatic heterocycles. The summed E-state index contributed by atoms with van der Waals surface area (Å²) in [6.45, 7) is 9.98. The fourth-order valence-corrected chi connectivity index (χ4v) is 3.93. The summed E-state index contributed by atoms with van der Waals surface area (Å²) in [6, 6.07) is 5.81. The average Bonchev–Trinajstić information content (AvgIpc) is 2.96. The minimum atomic E-state index is -0.774. The van der Waals surface area contributed by atoms with E-state index in [1.807, 2.05) is 20.8 Å². The highest BCUT2D eigenvalue weighted by molar-refractivity contribution is 6.30. The fourth-order valence-electron chi connectivity index (χ4n) is 3.80. The van der Waals surface area contributed by atoms with Gasteiger partial charge in [0.15, 0.2) is 0 Å². The third-order valence-electron chi connectivity index (χ3n) is 5.35. The molecule has 0 N–H and O–H groups in total. The summed E-state index contributed by atoms with van der Waals surface area (Å²) in [4.78, 5) is 44.1. The molecule has 0 saturated carbocycles. The maximum Gasteiger partial charge on any atom is 0.257 e. The van der Waals surface area contributed by atoms with Gasteiger partial charge in [0, 0.05) is 37.6 Å². The van der Waals surface area contributed by atoms with Crippen LogP contribution in [-0.4, -0.2) is 73.0 Å². The molecule has 2 saturated heterocycles. The molecule has 1 atom stereocenters. The Morgan fingerprint density at radius 1 is 1.17 bits per heavy atom. The first kappa shape index (κ1) is 22.7. The van der Waals surface area contributed by atoms with E-state index in [1.165, 1.54) is 4.90 Å². The van der Waals surface area contributed by atoms with Gasteiger partial charge in [0.2, 0.25) is 11.8 Å². The lowest BCUT2D eigenvalue weighted by molar-refractivity contribution is -0.140. The minimum Gasteiger partial charge on any atom is -0.379 e. The Morgan fingerprint density at radius 3 is 2.40 bits per heavy atom. The number of hydrogen-bond donors (Lipinski definition) is 0. The largest absolute Gasteiger partial charge is 0.379 e. The first-order chi connectivity index (χ1) is 14.2. The van der Waals surface area contributed by atoms with E-state index in [0.717, 1.165) is 13.1 Å². The van der Waals surface area contributed by atoms with Crippen molar-refractivity contribution in [2.75, 3.05) is 44.3 Å². The number of carbonyl (C=O) groups excluding carboxylic acids is 3. The maximum absolute atomic E-state index is 13.2. The van der Waals surface area contributed by atoms with Gasteiger partial charge in [0.05, 0.1) is 25.3 Å². The Kier molecular flexibility index (Phi) is 7.16. The molecule has 1 aromatic carbocycles. The number of halogens is 1. The standard InChI is InChI=1S/C22H30ClN3O4/c1-22(2,3)15-20(28)25(9-8-24-10-12-30-13-11-24)18-14-19(27)26(21(18)29)17-6-4-16(23)5-7-17/h4-7,18H,8-15H2,1-3H3. The summed E-state index contributed by atoms with van der Waals surface area (Å²) >= 11 is 5.93. The van der Waals surface area contributed by atoms with Gasteiger partial charge in [-0.25, -0.2) is 4.90 Å². The predicted molar refractivity (Wildman–Crippen MR) is 115 cm³/mol. The van der Waals surface area contributed by atoms with E-state index in [4.69, 9.17) is 16.3 Å². The topological polar surface area (TPSA) is 70.2 Å².